The Morgan fingerprint density at radius 1 is 1.58 bits per heavy atom. The summed E-state index contributed by atoms with van der Waals surface area (Å²) in [6, 6.07) is 6.00. The third-order valence-corrected chi connectivity index (χ3v) is 2.51. The average molecular weight is 259 g/mol. The highest BCUT2D eigenvalue weighted by atomic mass is 19.1. The van der Waals surface area contributed by atoms with E-state index in [1.807, 2.05) is 6.07 Å². The van der Waals surface area contributed by atoms with Crippen molar-refractivity contribution in [3.8, 4) is 18.4 Å². The minimum atomic E-state index is -0.435. The number of rotatable bonds is 5. The predicted octanol–water partition coefficient (Wildman–Crippen LogP) is 0.879. The molecule has 0 spiro atoms. The monoisotopic (exact) mass is 259 g/mol. The van der Waals surface area contributed by atoms with Crippen LogP contribution in [0.15, 0.2) is 18.2 Å². The van der Waals surface area contributed by atoms with Crippen molar-refractivity contribution < 1.29 is 9.18 Å². The van der Waals surface area contributed by atoms with Crippen molar-refractivity contribution in [2.45, 2.75) is 6.54 Å². The van der Waals surface area contributed by atoms with Gasteiger partial charge in [-0.3, -0.25) is 10.1 Å². The van der Waals surface area contributed by atoms with Gasteiger partial charge in [-0.05, 0) is 18.2 Å². The highest BCUT2D eigenvalue weighted by Crippen LogP contribution is 2.12. The van der Waals surface area contributed by atoms with Crippen molar-refractivity contribution >= 4 is 5.91 Å². The maximum Gasteiger partial charge on any atom is 0.236 e. The zero-order valence-corrected chi connectivity index (χ0v) is 10.6. The molecule has 1 N–H and O–H groups in total. The van der Waals surface area contributed by atoms with Crippen LogP contribution in [0.3, 0.4) is 0 Å². The highest BCUT2D eigenvalue weighted by molar-refractivity contribution is 5.78. The fraction of sp³-hybridized carbons (Fsp3) is 0.286. The number of amides is 1. The van der Waals surface area contributed by atoms with Crippen molar-refractivity contribution in [3.63, 3.8) is 0 Å². The second-order valence-electron chi connectivity index (χ2n) is 3.98. The number of benzene rings is 1. The molecule has 0 unspecified atom stereocenters. The first-order valence-electron chi connectivity index (χ1n) is 5.65. The van der Waals surface area contributed by atoms with Crippen LogP contribution in [0.25, 0.3) is 0 Å². The maximum atomic E-state index is 13.5. The van der Waals surface area contributed by atoms with E-state index in [1.54, 1.807) is 7.05 Å². The van der Waals surface area contributed by atoms with E-state index >= 15 is 0 Å². The van der Waals surface area contributed by atoms with E-state index in [2.05, 4.69) is 11.2 Å². The summed E-state index contributed by atoms with van der Waals surface area (Å²) >= 11 is 0. The Bertz CT molecular complexity index is 543. The first kappa shape index (κ1) is 14.7. The molecule has 0 radical (unpaired) electrons. The molecule has 0 aliphatic heterocycles. The minimum absolute atomic E-state index is 0.0975. The second kappa shape index (κ2) is 7.15. The van der Waals surface area contributed by atoms with Gasteiger partial charge in [0.1, 0.15) is 5.82 Å². The molecular formula is C14H14FN3O. The quantitative estimate of drug-likeness (QED) is 0.631. The predicted molar refractivity (Wildman–Crippen MR) is 69.3 cm³/mol. The van der Waals surface area contributed by atoms with E-state index in [0.29, 0.717) is 17.7 Å². The molecule has 98 valence electrons. The van der Waals surface area contributed by atoms with Crippen molar-refractivity contribution in [2.75, 3.05) is 20.1 Å². The second-order valence-corrected chi connectivity index (χ2v) is 3.98. The van der Waals surface area contributed by atoms with Crippen LogP contribution in [0.1, 0.15) is 11.1 Å². The number of carbonyl (C=O) groups is 1. The number of likely N-dealkylation sites (N-methyl/N-ethyl adjacent to an activating group) is 1. The number of nitriles is 1. The topological polar surface area (TPSA) is 56.1 Å². The lowest BCUT2D eigenvalue weighted by molar-refractivity contribution is -0.129. The van der Waals surface area contributed by atoms with Gasteiger partial charge in [0.05, 0.1) is 24.7 Å². The van der Waals surface area contributed by atoms with Gasteiger partial charge in [-0.25, -0.2) is 4.39 Å². The molecule has 0 fully saturated rings. The Labute approximate surface area is 111 Å². The number of terminal acetylenes is 1. The maximum absolute atomic E-state index is 13.5. The Balaban J connectivity index is 2.66. The standard InChI is InChI=1S/C14H14FN3O/c1-3-6-17-9-14(19)18(2)10-12-7-11(8-16)4-5-13(12)15/h1,4-5,7,17H,6,9-10H2,2H3. The van der Waals surface area contributed by atoms with Gasteiger partial charge in [-0.2, -0.15) is 5.26 Å². The molecule has 4 nitrogen and oxygen atoms in total. The van der Waals surface area contributed by atoms with E-state index in [-0.39, 0.29) is 19.0 Å². The van der Waals surface area contributed by atoms with E-state index in [4.69, 9.17) is 11.7 Å². The molecule has 0 aromatic heterocycles. The largest absolute Gasteiger partial charge is 0.340 e. The van der Waals surface area contributed by atoms with Gasteiger partial charge in [0.2, 0.25) is 5.91 Å². The summed E-state index contributed by atoms with van der Waals surface area (Å²) in [4.78, 5) is 13.1. The molecule has 0 bridgehead atoms. The third kappa shape index (κ3) is 4.42. The molecule has 1 rings (SSSR count). The normalized spacial score (nSPS) is 9.47. The first-order chi connectivity index (χ1) is 9.08. The van der Waals surface area contributed by atoms with Gasteiger partial charge in [-0.1, -0.05) is 5.92 Å². The van der Waals surface area contributed by atoms with Crippen LogP contribution in [0.4, 0.5) is 4.39 Å². The Hall–Kier alpha value is -2.37. The van der Waals surface area contributed by atoms with Gasteiger partial charge < -0.3 is 4.90 Å². The summed E-state index contributed by atoms with van der Waals surface area (Å²) in [5, 5.41) is 11.5. The summed E-state index contributed by atoms with van der Waals surface area (Å²) in [6.07, 6.45) is 5.05. The van der Waals surface area contributed by atoms with Gasteiger partial charge in [-0.15, -0.1) is 6.42 Å². The zero-order valence-electron chi connectivity index (χ0n) is 10.6. The van der Waals surface area contributed by atoms with E-state index in [9.17, 15) is 9.18 Å². The fourth-order valence-electron chi connectivity index (χ4n) is 1.49. The van der Waals surface area contributed by atoms with E-state index < -0.39 is 5.82 Å². The number of halogens is 1. The molecule has 5 heteroatoms. The summed E-state index contributed by atoms with van der Waals surface area (Å²) in [6.45, 7) is 0.510. The Morgan fingerprint density at radius 3 is 2.95 bits per heavy atom. The first-order valence-corrected chi connectivity index (χ1v) is 5.65. The van der Waals surface area contributed by atoms with Gasteiger partial charge in [0.15, 0.2) is 0 Å². The summed E-state index contributed by atoms with van der Waals surface area (Å²) in [5.41, 5.74) is 0.676. The number of hydrogen-bond acceptors (Lipinski definition) is 3. The molecule has 0 saturated heterocycles. The average Bonchev–Trinajstić information content (AvgIpc) is 2.41. The number of hydrogen-bond donors (Lipinski definition) is 1. The lowest BCUT2D eigenvalue weighted by atomic mass is 10.1. The smallest absolute Gasteiger partial charge is 0.236 e. The highest BCUT2D eigenvalue weighted by Gasteiger charge is 2.11. The van der Waals surface area contributed by atoms with Crippen molar-refractivity contribution in [3.05, 3.63) is 35.1 Å². The Morgan fingerprint density at radius 2 is 2.32 bits per heavy atom. The summed E-state index contributed by atoms with van der Waals surface area (Å²) in [7, 11) is 1.57. The van der Waals surface area contributed by atoms with Gasteiger partial charge in [0.25, 0.3) is 0 Å². The van der Waals surface area contributed by atoms with Crippen LogP contribution in [-0.4, -0.2) is 30.9 Å². The molecule has 0 atom stereocenters. The lowest BCUT2D eigenvalue weighted by Gasteiger charge is -2.17. The Kier molecular flexibility index (Phi) is 5.53. The van der Waals surface area contributed by atoms with Gasteiger partial charge >= 0.3 is 0 Å². The van der Waals surface area contributed by atoms with Crippen molar-refractivity contribution in [1.82, 2.24) is 10.2 Å². The number of nitrogens with one attached hydrogen (secondary N) is 1. The molecule has 1 aromatic carbocycles. The molecule has 0 heterocycles. The SMILES string of the molecule is C#CCNCC(=O)N(C)Cc1cc(C#N)ccc1F. The minimum Gasteiger partial charge on any atom is -0.340 e. The summed E-state index contributed by atoms with van der Waals surface area (Å²) in [5.74, 6) is 1.73. The molecular weight excluding hydrogens is 245 g/mol. The molecule has 0 aliphatic rings. The molecule has 1 aromatic rings. The lowest BCUT2D eigenvalue weighted by Crippen LogP contribution is -2.35. The van der Waals surface area contributed by atoms with Crippen LogP contribution in [0, 0.1) is 29.5 Å². The fourth-order valence-corrected chi connectivity index (χ4v) is 1.49. The summed E-state index contributed by atoms with van der Waals surface area (Å²) < 4.78 is 13.5. The van der Waals surface area contributed by atoms with Gasteiger partial charge in [0, 0.05) is 19.2 Å². The molecule has 0 aliphatic carbocycles. The van der Waals surface area contributed by atoms with E-state index in [1.165, 1.54) is 23.1 Å². The number of carbonyl (C=O) groups excluding carboxylic acids is 1. The van der Waals surface area contributed by atoms with Crippen LogP contribution in [0.5, 0.6) is 0 Å². The van der Waals surface area contributed by atoms with Crippen LogP contribution < -0.4 is 5.32 Å². The zero-order chi connectivity index (χ0) is 14.3. The van der Waals surface area contributed by atoms with Crippen molar-refractivity contribution in [1.29, 1.82) is 5.26 Å². The van der Waals surface area contributed by atoms with Crippen LogP contribution in [0.2, 0.25) is 0 Å². The number of nitrogens with zero attached hydrogens (tertiary/aromatic N) is 2. The third-order valence-electron chi connectivity index (χ3n) is 2.51. The van der Waals surface area contributed by atoms with E-state index in [0.717, 1.165) is 0 Å². The molecule has 1 amide bonds. The van der Waals surface area contributed by atoms with Crippen LogP contribution >= 0.6 is 0 Å². The molecule has 19 heavy (non-hydrogen) atoms. The molecule has 0 saturated carbocycles. The van der Waals surface area contributed by atoms with Crippen molar-refractivity contribution in [2.24, 2.45) is 0 Å². The van der Waals surface area contributed by atoms with Crippen LogP contribution in [-0.2, 0) is 11.3 Å².